The number of carbonyl (C=O) groups excluding carboxylic acids is 2. The maximum Gasteiger partial charge on any atom is 0.321 e. The quantitative estimate of drug-likeness (QED) is 0.673. The minimum atomic E-state index is -0.467. The average Bonchev–Trinajstić information content (AvgIpc) is 2.52. The number of carbonyl (C=O) groups is 2. The molecule has 0 spiro atoms. The third-order valence-corrected chi connectivity index (χ3v) is 4.11. The van der Waals surface area contributed by atoms with Crippen molar-refractivity contribution in [3.63, 3.8) is 0 Å². The number of methoxy groups -OCH3 is 1. The Bertz CT molecular complexity index is 551. The number of rotatable bonds is 7. The molecule has 3 amide bonds. The predicted molar refractivity (Wildman–Crippen MR) is 93.5 cm³/mol. The van der Waals surface area contributed by atoms with Gasteiger partial charge in [0.05, 0.1) is 18.1 Å². The van der Waals surface area contributed by atoms with Crippen LogP contribution in [0, 0.1) is 0 Å². The Morgan fingerprint density at radius 2 is 2.00 bits per heavy atom. The van der Waals surface area contributed by atoms with Crippen molar-refractivity contribution in [1.29, 1.82) is 0 Å². The van der Waals surface area contributed by atoms with Gasteiger partial charge >= 0.3 is 6.03 Å². The van der Waals surface area contributed by atoms with Gasteiger partial charge in [-0.1, -0.05) is 13.0 Å². The molecule has 6 nitrogen and oxygen atoms in total. The van der Waals surface area contributed by atoms with Crippen molar-refractivity contribution in [3.05, 3.63) is 28.2 Å². The third-order valence-electron chi connectivity index (χ3n) is 3.49. The highest BCUT2D eigenvalue weighted by Crippen LogP contribution is 2.27. The first-order chi connectivity index (χ1) is 10.9. The molecule has 1 aromatic rings. The van der Waals surface area contributed by atoms with Crippen molar-refractivity contribution < 1.29 is 14.3 Å². The van der Waals surface area contributed by atoms with Gasteiger partial charge in [-0.2, -0.15) is 0 Å². The number of hydrogen-bond donors (Lipinski definition) is 3. The van der Waals surface area contributed by atoms with Crippen LogP contribution in [0.1, 0.15) is 38.8 Å². The van der Waals surface area contributed by atoms with E-state index in [1.165, 1.54) is 0 Å². The summed E-state index contributed by atoms with van der Waals surface area (Å²) in [7, 11) is 1.61. The Morgan fingerprint density at radius 1 is 1.30 bits per heavy atom. The predicted octanol–water partition coefficient (Wildman–Crippen LogP) is 2.73. The van der Waals surface area contributed by atoms with Gasteiger partial charge in [-0.05, 0) is 53.9 Å². The van der Waals surface area contributed by atoms with Crippen LogP contribution in [0.15, 0.2) is 22.7 Å². The van der Waals surface area contributed by atoms with Crippen LogP contribution in [0.5, 0.6) is 5.75 Å². The Kier molecular flexibility index (Phi) is 8.05. The summed E-state index contributed by atoms with van der Waals surface area (Å²) in [4.78, 5) is 23.3. The summed E-state index contributed by atoms with van der Waals surface area (Å²) in [5.41, 5.74) is 1.01. The molecule has 0 radical (unpaired) electrons. The molecule has 0 aliphatic carbocycles. The molecule has 1 aromatic carbocycles. The lowest BCUT2D eigenvalue weighted by Gasteiger charge is -2.16. The Labute approximate surface area is 145 Å². The SMILES string of the molecule is CC[C@H](C)NC(=O)NC(=O)CN[C@H](C)c1ccc(OC)c(Br)c1. The van der Waals surface area contributed by atoms with Crippen LogP contribution in [-0.4, -0.2) is 31.6 Å². The van der Waals surface area contributed by atoms with E-state index in [0.29, 0.717) is 0 Å². The number of halogens is 1. The lowest BCUT2D eigenvalue weighted by Crippen LogP contribution is -2.46. The maximum atomic E-state index is 11.8. The first-order valence-electron chi connectivity index (χ1n) is 7.54. The van der Waals surface area contributed by atoms with Crippen molar-refractivity contribution in [2.45, 2.75) is 39.3 Å². The number of urea groups is 1. The summed E-state index contributed by atoms with van der Waals surface area (Å²) < 4.78 is 6.04. The lowest BCUT2D eigenvalue weighted by molar-refractivity contribution is -0.119. The molecule has 0 bridgehead atoms. The van der Waals surface area contributed by atoms with Gasteiger partial charge in [-0.15, -0.1) is 0 Å². The molecule has 3 N–H and O–H groups in total. The van der Waals surface area contributed by atoms with Gasteiger partial charge in [-0.3, -0.25) is 10.1 Å². The van der Waals surface area contributed by atoms with Crippen LogP contribution in [0.3, 0.4) is 0 Å². The molecule has 0 fully saturated rings. The summed E-state index contributed by atoms with van der Waals surface area (Å²) in [5.74, 6) is 0.380. The number of amides is 3. The molecule has 0 aliphatic rings. The molecule has 0 unspecified atom stereocenters. The van der Waals surface area contributed by atoms with Gasteiger partial charge in [0, 0.05) is 12.1 Å². The maximum absolute atomic E-state index is 11.8. The molecular weight excluding hydrogens is 362 g/mol. The number of ether oxygens (including phenoxy) is 1. The van der Waals surface area contributed by atoms with Gasteiger partial charge in [0.2, 0.25) is 5.91 Å². The van der Waals surface area contributed by atoms with E-state index in [1.54, 1.807) is 7.11 Å². The van der Waals surface area contributed by atoms with E-state index in [0.717, 1.165) is 22.2 Å². The fraction of sp³-hybridized carbons (Fsp3) is 0.500. The van der Waals surface area contributed by atoms with E-state index >= 15 is 0 Å². The van der Waals surface area contributed by atoms with Crippen molar-refractivity contribution >= 4 is 27.9 Å². The van der Waals surface area contributed by atoms with Crippen LogP contribution in [0.2, 0.25) is 0 Å². The molecule has 7 heteroatoms. The molecule has 0 saturated carbocycles. The fourth-order valence-electron chi connectivity index (χ4n) is 1.85. The topological polar surface area (TPSA) is 79.5 Å². The van der Waals surface area contributed by atoms with E-state index in [4.69, 9.17) is 4.74 Å². The number of benzene rings is 1. The van der Waals surface area contributed by atoms with Crippen molar-refractivity contribution in [1.82, 2.24) is 16.0 Å². The largest absolute Gasteiger partial charge is 0.496 e. The summed E-state index contributed by atoms with van der Waals surface area (Å²) in [6, 6.07) is 5.24. The molecule has 23 heavy (non-hydrogen) atoms. The Hall–Kier alpha value is -1.60. The molecule has 0 aromatic heterocycles. The highest BCUT2D eigenvalue weighted by Gasteiger charge is 2.12. The smallest absolute Gasteiger partial charge is 0.321 e. The van der Waals surface area contributed by atoms with E-state index in [1.807, 2.05) is 39.0 Å². The number of nitrogens with one attached hydrogen (secondary N) is 3. The normalized spacial score (nSPS) is 13.1. The first-order valence-corrected chi connectivity index (χ1v) is 8.33. The van der Waals surface area contributed by atoms with Crippen molar-refractivity contribution in [2.24, 2.45) is 0 Å². The monoisotopic (exact) mass is 385 g/mol. The van der Waals surface area contributed by atoms with Crippen molar-refractivity contribution in [2.75, 3.05) is 13.7 Å². The number of imide groups is 1. The summed E-state index contributed by atoms with van der Waals surface area (Å²) in [5, 5.41) is 8.06. The van der Waals surface area contributed by atoms with Crippen LogP contribution in [-0.2, 0) is 4.79 Å². The summed E-state index contributed by atoms with van der Waals surface area (Å²) >= 11 is 3.43. The van der Waals surface area contributed by atoms with Crippen LogP contribution in [0.25, 0.3) is 0 Å². The molecular formula is C16H24BrN3O3. The van der Waals surface area contributed by atoms with E-state index in [2.05, 4.69) is 31.9 Å². The second-order valence-corrected chi connectivity index (χ2v) is 6.18. The second kappa shape index (κ2) is 9.52. The summed E-state index contributed by atoms with van der Waals surface area (Å²) in [6.07, 6.45) is 0.809. The van der Waals surface area contributed by atoms with Crippen LogP contribution in [0.4, 0.5) is 4.79 Å². The van der Waals surface area contributed by atoms with Gasteiger partial charge in [0.15, 0.2) is 0 Å². The molecule has 128 valence electrons. The van der Waals surface area contributed by atoms with E-state index in [-0.39, 0.29) is 24.5 Å². The summed E-state index contributed by atoms with van der Waals surface area (Å²) in [6.45, 7) is 5.84. The third kappa shape index (κ3) is 6.58. The van der Waals surface area contributed by atoms with Crippen molar-refractivity contribution in [3.8, 4) is 5.75 Å². The zero-order chi connectivity index (χ0) is 17.4. The fourth-order valence-corrected chi connectivity index (χ4v) is 2.41. The van der Waals surface area contributed by atoms with Gasteiger partial charge < -0.3 is 15.4 Å². The Morgan fingerprint density at radius 3 is 2.57 bits per heavy atom. The lowest BCUT2D eigenvalue weighted by atomic mass is 10.1. The first kappa shape index (κ1) is 19.4. The molecule has 0 aliphatic heterocycles. The minimum Gasteiger partial charge on any atom is -0.496 e. The molecule has 1 rings (SSSR count). The van der Waals surface area contributed by atoms with E-state index < -0.39 is 6.03 Å². The highest BCUT2D eigenvalue weighted by molar-refractivity contribution is 9.10. The minimum absolute atomic E-state index is 0.0336. The van der Waals surface area contributed by atoms with Crippen LogP contribution < -0.4 is 20.7 Å². The Balaban J connectivity index is 2.46. The van der Waals surface area contributed by atoms with Gasteiger partial charge in [0.25, 0.3) is 0 Å². The zero-order valence-electron chi connectivity index (χ0n) is 13.9. The van der Waals surface area contributed by atoms with Gasteiger partial charge in [0.1, 0.15) is 5.75 Å². The highest BCUT2D eigenvalue weighted by atomic mass is 79.9. The molecule has 2 atom stereocenters. The molecule has 0 heterocycles. The number of hydrogen-bond acceptors (Lipinski definition) is 4. The van der Waals surface area contributed by atoms with E-state index in [9.17, 15) is 9.59 Å². The van der Waals surface area contributed by atoms with Crippen LogP contribution >= 0.6 is 15.9 Å². The second-order valence-electron chi connectivity index (χ2n) is 5.33. The van der Waals surface area contributed by atoms with Gasteiger partial charge in [-0.25, -0.2) is 4.79 Å². The zero-order valence-corrected chi connectivity index (χ0v) is 15.5. The standard InChI is InChI=1S/C16H24BrN3O3/c1-5-10(2)19-16(22)20-15(21)9-18-11(3)12-6-7-14(23-4)13(17)8-12/h6-8,10-11,18H,5,9H2,1-4H3,(H2,19,20,21,22)/t10-,11+/m0/s1. The molecule has 0 saturated heterocycles. The average molecular weight is 386 g/mol.